The monoisotopic (exact) mass is 340 g/mol. The zero-order valence-electron chi connectivity index (χ0n) is 12.7. The van der Waals surface area contributed by atoms with Crippen LogP contribution in [-0.2, 0) is 22.5 Å². The van der Waals surface area contributed by atoms with E-state index in [1.165, 1.54) is 11.7 Å². The van der Waals surface area contributed by atoms with Crippen LogP contribution in [-0.4, -0.2) is 45.4 Å². The van der Waals surface area contributed by atoms with E-state index in [2.05, 4.69) is 4.98 Å². The number of rotatable bonds is 7. The summed E-state index contributed by atoms with van der Waals surface area (Å²) in [6.45, 7) is 1.86. The molecule has 8 nitrogen and oxygen atoms in total. The van der Waals surface area contributed by atoms with Crippen LogP contribution in [0.15, 0.2) is 4.79 Å². The minimum Gasteiger partial charge on any atom is -0.481 e. The van der Waals surface area contributed by atoms with Crippen molar-refractivity contribution < 1.29 is 24.5 Å². The van der Waals surface area contributed by atoms with Gasteiger partial charge in [0.15, 0.2) is 0 Å². The van der Waals surface area contributed by atoms with E-state index in [4.69, 9.17) is 9.84 Å². The van der Waals surface area contributed by atoms with Crippen LogP contribution < -0.4 is 5.56 Å². The maximum Gasteiger partial charge on any atom is 0.346 e. The Kier molecular flexibility index (Phi) is 5.12. The lowest BCUT2D eigenvalue weighted by Gasteiger charge is -2.11. The zero-order chi connectivity index (χ0) is 17.1. The van der Waals surface area contributed by atoms with Crippen LogP contribution in [0.25, 0.3) is 10.2 Å². The largest absolute Gasteiger partial charge is 0.481 e. The fraction of sp³-hybridized carbons (Fsp3) is 0.429. The molecular weight excluding hydrogens is 324 g/mol. The van der Waals surface area contributed by atoms with Crippen LogP contribution in [0.1, 0.15) is 27.5 Å². The fourth-order valence-corrected chi connectivity index (χ4v) is 3.31. The number of thiophene rings is 1. The molecule has 2 aromatic heterocycles. The number of carboxylic acids is 2. The first-order valence-corrected chi connectivity index (χ1v) is 7.65. The van der Waals surface area contributed by atoms with Gasteiger partial charge in [-0.1, -0.05) is 0 Å². The van der Waals surface area contributed by atoms with Gasteiger partial charge < -0.3 is 14.9 Å². The van der Waals surface area contributed by atoms with Crippen LogP contribution in [0.5, 0.6) is 0 Å². The Hall–Kier alpha value is -2.26. The third-order valence-corrected chi connectivity index (χ3v) is 4.58. The second-order valence-electron chi connectivity index (χ2n) is 4.91. The number of hydrogen-bond donors (Lipinski definition) is 2. The average molecular weight is 340 g/mol. The number of hydrogen-bond acceptors (Lipinski definition) is 6. The minimum absolute atomic E-state index is 0.0200. The van der Waals surface area contributed by atoms with Crippen LogP contribution in [0.4, 0.5) is 0 Å². The molecule has 124 valence electrons. The van der Waals surface area contributed by atoms with Gasteiger partial charge in [-0.25, -0.2) is 9.78 Å². The summed E-state index contributed by atoms with van der Waals surface area (Å²) in [6, 6.07) is 0. The first-order valence-electron chi connectivity index (χ1n) is 6.83. The highest BCUT2D eigenvalue weighted by atomic mass is 32.1. The Bertz CT molecular complexity index is 823. The van der Waals surface area contributed by atoms with Crippen molar-refractivity contribution in [3.05, 3.63) is 26.6 Å². The Morgan fingerprint density at radius 2 is 2.04 bits per heavy atom. The van der Waals surface area contributed by atoms with Crippen LogP contribution >= 0.6 is 11.3 Å². The van der Waals surface area contributed by atoms with Crippen LogP contribution in [0, 0.1) is 6.92 Å². The normalized spacial score (nSPS) is 11.0. The van der Waals surface area contributed by atoms with E-state index in [1.54, 1.807) is 6.92 Å². The summed E-state index contributed by atoms with van der Waals surface area (Å²) in [5.41, 5.74) is -0.0547. The van der Waals surface area contributed by atoms with Crippen LogP contribution in [0.2, 0.25) is 0 Å². The first-order chi connectivity index (χ1) is 10.9. The van der Waals surface area contributed by atoms with E-state index in [0.717, 1.165) is 11.3 Å². The summed E-state index contributed by atoms with van der Waals surface area (Å²) in [5, 5.41) is 18.3. The van der Waals surface area contributed by atoms with Gasteiger partial charge in [-0.3, -0.25) is 14.2 Å². The number of aromatic carboxylic acids is 1. The summed E-state index contributed by atoms with van der Waals surface area (Å²) in [6.07, 6.45) is 0.114. The summed E-state index contributed by atoms with van der Waals surface area (Å²) in [7, 11) is 1.51. The number of aryl methyl sites for hydroxylation is 1. The maximum atomic E-state index is 12.7. The molecule has 0 radical (unpaired) electrons. The number of nitrogens with zero attached hydrogens (tertiary/aromatic N) is 2. The third-order valence-electron chi connectivity index (χ3n) is 3.40. The smallest absolute Gasteiger partial charge is 0.346 e. The molecule has 0 aromatic carbocycles. The molecule has 0 unspecified atom stereocenters. The molecule has 2 rings (SSSR count). The van der Waals surface area contributed by atoms with Gasteiger partial charge >= 0.3 is 11.9 Å². The number of methoxy groups -OCH3 is 1. The van der Waals surface area contributed by atoms with Gasteiger partial charge in [0.05, 0.1) is 18.4 Å². The molecule has 2 heterocycles. The fourth-order valence-electron chi connectivity index (χ4n) is 2.28. The quantitative estimate of drug-likeness (QED) is 0.775. The molecule has 0 spiro atoms. The van der Waals surface area contributed by atoms with Gasteiger partial charge in [0.25, 0.3) is 5.56 Å². The average Bonchev–Trinajstić information content (AvgIpc) is 2.81. The van der Waals surface area contributed by atoms with Crippen molar-refractivity contribution in [3.63, 3.8) is 0 Å². The Balaban J connectivity index is 2.65. The van der Waals surface area contributed by atoms with Crippen LogP contribution in [0.3, 0.4) is 0 Å². The predicted molar refractivity (Wildman–Crippen MR) is 83.4 cm³/mol. The van der Waals surface area contributed by atoms with E-state index in [9.17, 15) is 19.5 Å². The second-order valence-corrected chi connectivity index (χ2v) is 5.91. The van der Waals surface area contributed by atoms with Crippen molar-refractivity contribution in [2.24, 2.45) is 0 Å². The predicted octanol–water partition coefficient (Wildman–Crippen LogP) is 1.13. The first kappa shape index (κ1) is 17.1. The molecule has 0 bridgehead atoms. The second kappa shape index (κ2) is 6.88. The van der Waals surface area contributed by atoms with Gasteiger partial charge in [-0.2, -0.15) is 0 Å². The highest BCUT2D eigenvalue weighted by Crippen LogP contribution is 2.27. The summed E-state index contributed by atoms with van der Waals surface area (Å²) in [5.74, 6) is -1.74. The molecule has 9 heteroatoms. The zero-order valence-corrected chi connectivity index (χ0v) is 13.5. The molecule has 0 aliphatic carbocycles. The Morgan fingerprint density at radius 1 is 1.35 bits per heavy atom. The van der Waals surface area contributed by atoms with E-state index in [1.807, 2.05) is 0 Å². The molecule has 0 aliphatic heterocycles. The molecule has 0 saturated carbocycles. The highest BCUT2D eigenvalue weighted by Gasteiger charge is 2.21. The van der Waals surface area contributed by atoms with Gasteiger partial charge in [0, 0.05) is 20.1 Å². The molecule has 2 aromatic rings. The van der Waals surface area contributed by atoms with Crippen molar-refractivity contribution in [2.45, 2.75) is 26.3 Å². The molecule has 0 saturated heterocycles. The van der Waals surface area contributed by atoms with E-state index in [0.29, 0.717) is 29.2 Å². The number of aliphatic carboxylic acids is 1. The summed E-state index contributed by atoms with van der Waals surface area (Å²) < 4.78 is 6.28. The number of aromatic nitrogens is 2. The molecular formula is C14H16N2O6S. The summed E-state index contributed by atoms with van der Waals surface area (Å²) >= 11 is 0.946. The lowest BCUT2D eigenvalue weighted by atomic mass is 10.2. The molecule has 23 heavy (non-hydrogen) atoms. The highest BCUT2D eigenvalue weighted by molar-refractivity contribution is 7.20. The third kappa shape index (κ3) is 3.40. The van der Waals surface area contributed by atoms with E-state index >= 15 is 0 Å². The molecule has 0 atom stereocenters. The van der Waals surface area contributed by atoms with Crippen molar-refractivity contribution in [1.29, 1.82) is 0 Å². The number of ether oxygens (including phenoxy) is 1. The van der Waals surface area contributed by atoms with Crippen molar-refractivity contribution in [3.8, 4) is 0 Å². The van der Waals surface area contributed by atoms with Gasteiger partial charge in [0.1, 0.15) is 15.5 Å². The number of carboxylic acid groups (broad SMARTS) is 2. The molecule has 0 amide bonds. The molecule has 0 aliphatic rings. The van der Waals surface area contributed by atoms with Gasteiger partial charge in [-0.15, -0.1) is 11.3 Å². The SMILES string of the molecule is COCCc1nc2sc(C(=O)O)c(C)c2c(=O)n1CCC(=O)O. The maximum absolute atomic E-state index is 12.7. The lowest BCUT2D eigenvalue weighted by Crippen LogP contribution is -2.27. The molecule has 2 N–H and O–H groups in total. The van der Waals surface area contributed by atoms with Gasteiger partial charge in [0.2, 0.25) is 0 Å². The number of fused-ring (bicyclic) bond motifs is 1. The van der Waals surface area contributed by atoms with Gasteiger partial charge in [-0.05, 0) is 12.5 Å². The van der Waals surface area contributed by atoms with Crippen molar-refractivity contribution in [2.75, 3.05) is 13.7 Å². The lowest BCUT2D eigenvalue weighted by molar-refractivity contribution is -0.137. The topological polar surface area (TPSA) is 119 Å². The van der Waals surface area contributed by atoms with E-state index in [-0.39, 0.29) is 23.2 Å². The Labute approximate surface area is 135 Å². The number of carbonyl (C=O) groups is 2. The minimum atomic E-state index is -1.11. The standard InChI is InChI=1S/C14H16N2O6S/c1-7-10-12(23-11(7)14(20)21)15-8(4-6-22-2)16(13(10)19)5-3-9(17)18/h3-6H2,1-2H3,(H,17,18)(H,20,21). The van der Waals surface area contributed by atoms with Crippen molar-refractivity contribution in [1.82, 2.24) is 9.55 Å². The summed E-state index contributed by atoms with van der Waals surface area (Å²) in [4.78, 5) is 39.5. The van der Waals surface area contributed by atoms with Crippen molar-refractivity contribution >= 4 is 33.5 Å². The molecule has 0 fully saturated rings. The Morgan fingerprint density at radius 3 is 2.61 bits per heavy atom. The van der Waals surface area contributed by atoms with E-state index < -0.39 is 17.5 Å².